The fraction of sp³-hybridized carbons (Fsp3) is 0.600. The van der Waals surface area contributed by atoms with Gasteiger partial charge in [0, 0.05) is 17.8 Å². The molecule has 1 aliphatic rings. The number of aliphatic hydroxyl groups is 1. The van der Waals surface area contributed by atoms with Crippen LogP contribution in [0.1, 0.15) is 36.8 Å². The SMILES string of the molecule is CSC(CO)C(C)NCc1cccc(C2CC2)c1. The van der Waals surface area contributed by atoms with E-state index in [2.05, 4.69) is 36.5 Å². The quantitative estimate of drug-likeness (QED) is 0.795. The van der Waals surface area contributed by atoms with Crippen molar-refractivity contribution in [1.82, 2.24) is 5.32 Å². The molecule has 0 heterocycles. The molecule has 100 valence electrons. The van der Waals surface area contributed by atoms with Gasteiger partial charge in [0.05, 0.1) is 6.61 Å². The molecule has 2 N–H and O–H groups in total. The normalized spacial score (nSPS) is 18.6. The maximum atomic E-state index is 9.26. The second-order valence-electron chi connectivity index (χ2n) is 5.15. The van der Waals surface area contributed by atoms with Crippen LogP contribution < -0.4 is 5.32 Å². The van der Waals surface area contributed by atoms with Gasteiger partial charge in [0.25, 0.3) is 0 Å². The molecule has 0 radical (unpaired) electrons. The van der Waals surface area contributed by atoms with Crippen molar-refractivity contribution < 1.29 is 5.11 Å². The summed E-state index contributed by atoms with van der Waals surface area (Å²) in [6.07, 6.45) is 4.76. The molecule has 2 atom stereocenters. The molecule has 0 bridgehead atoms. The van der Waals surface area contributed by atoms with E-state index in [-0.39, 0.29) is 11.9 Å². The number of hydrogen-bond acceptors (Lipinski definition) is 3. The van der Waals surface area contributed by atoms with E-state index in [9.17, 15) is 5.11 Å². The van der Waals surface area contributed by atoms with Gasteiger partial charge in [-0.25, -0.2) is 0 Å². The average Bonchev–Trinajstić information content (AvgIpc) is 3.22. The summed E-state index contributed by atoms with van der Waals surface area (Å²) in [6, 6.07) is 9.23. The minimum Gasteiger partial charge on any atom is -0.395 e. The lowest BCUT2D eigenvalue weighted by atomic mass is 10.1. The van der Waals surface area contributed by atoms with Gasteiger partial charge in [0.2, 0.25) is 0 Å². The summed E-state index contributed by atoms with van der Waals surface area (Å²) in [5.41, 5.74) is 2.84. The average molecular weight is 265 g/mol. The van der Waals surface area contributed by atoms with Crippen molar-refractivity contribution >= 4 is 11.8 Å². The molecular formula is C15H23NOS. The van der Waals surface area contributed by atoms with Gasteiger partial charge in [-0.05, 0) is 43.1 Å². The number of hydrogen-bond donors (Lipinski definition) is 2. The van der Waals surface area contributed by atoms with Gasteiger partial charge in [-0.3, -0.25) is 0 Å². The molecular weight excluding hydrogens is 242 g/mol. The zero-order chi connectivity index (χ0) is 13.0. The highest BCUT2D eigenvalue weighted by atomic mass is 32.2. The Morgan fingerprint density at radius 3 is 2.83 bits per heavy atom. The van der Waals surface area contributed by atoms with Crippen LogP contribution in [0, 0.1) is 0 Å². The largest absolute Gasteiger partial charge is 0.395 e. The Morgan fingerprint density at radius 2 is 2.22 bits per heavy atom. The van der Waals surface area contributed by atoms with Gasteiger partial charge in [0.15, 0.2) is 0 Å². The molecule has 0 amide bonds. The summed E-state index contributed by atoms with van der Waals surface area (Å²) in [6.45, 7) is 3.26. The Morgan fingerprint density at radius 1 is 1.44 bits per heavy atom. The summed E-state index contributed by atoms with van der Waals surface area (Å²) in [5.74, 6) is 0.818. The van der Waals surface area contributed by atoms with Crippen molar-refractivity contribution in [3.8, 4) is 0 Å². The lowest BCUT2D eigenvalue weighted by Crippen LogP contribution is -2.37. The Kier molecular flexibility index (Phi) is 5.10. The van der Waals surface area contributed by atoms with E-state index in [0.29, 0.717) is 6.04 Å². The van der Waals surface area contributed by atoms with Crippen molar-refractivity contribution in [3.05, 3.63) is 35.4 Å². The third-order valence-electron chi connectivity index (χ3n) is 3.67. The molecule has 1 fully saturated rings. The number of aliphatic hydroxyl groups excluding tert-OH is 1. The van der Waals surface area contributed by atoms with Crippen LogP contribution in [0.4, 0.5) is 0 Å². The van der Waals surface area contributed by atoms with E-state index in [4.69, 9.17) is 0 Å². The lowest BCUT2D eigenvalue weighted by Gasteiger charge is -2.21. The first-order valence-electron chi connectivity index (χ1n) is 6.70. The molecule has 1 aliphatic carbocycles. The minimum atomic E-state index is 0.234. The van der Waals surface area contributed by atoms with E-state index in [0.717, 1.165) is 12.5 Å². The van der Waals surface area contributed by atoms with Crippen molar-refractivity contribution in [2.45, 2.75) is 43.5 Å². The van der Waals surface area contributed by atoms with E-state index in [1.165, 1.54) is 24.0 Å². The molecule has 2 rings (SSSR count). The molecule has 1 aromatic carbocycles. The smallest absolute Gasteiger partial charge is 0.0564 e. The predicted octanol–water partition coefficient (Wildman–Crippen LogP) is 2.77. The zero-order valence-electron chi connectivity index (χ0n) is 11.2. The van der Waals surface area contributed by atoms with Crippen molar-refractivity contribution in [2.75, 3.05) is 12.9 Å². The highest BCUT2D eigenvalue weighted by molar-refractivity contribution is 7.99. The molecule has 18 heavy (non-hydrogen) atoms. The van der Waals surface area contributed by atoms with E-state index >= 15 is 0 Å². The summed E-state index contributed by atoms with van der Waals surface area (Å²) < 4.78 is 0. The molecule has 0 aliphatic heterocycles. The number of benzene rings is 1. The van der Waals surface area contributed by atoms with Crippen LogP contribution in [0.25, 0.3) is 0 Å². The van der Waals surface area contributed by atoms with Crippen LogP contribution in [0.15, 0.2) is 24.3 Å². The first kappa shape index (κ1) is 13.9. The van der Waals surface area contributed by atoms with Crippen molar-refractivity contribution in [1.29, 1.82) is 0 Å². The first-order chi connectivity index (χ1) is 8.74. The standard InChI is InChI=1S/C15H23NOS/c1-11(15(10-17)18-2)16-9-12-4-3-5-14(8-12)13-6-7-13/h3-5,8,11,13,15-17H,6-7,9-10H2,1-2H3. The van der Waals surface area contributed by atoms with Crippen molar-refractivity contribution in [2.24, 2.45) is 0 Å². The fourth-order valence-corrected chi connectivity index (χ4v) is 2.87. The third-order valence-corrected chi connectivity index (χ3v) is 4.83. The van der Waals surface area contributed by atoms with E-state index < -0.39 is 0 Å². The molecule has 0 aromatic heterocycles. The molecule has 0 spiro atoms. The van der Waals surface area contributed by atoms with Crippen molar-refractivity contribution in [3.63, 3.8) is 0 Å². The molecule has 0 saturated heterocycles. The first-order valence-corrected chi connectivity index (χ1v) is 7.99. The molecule has 3 heteroatoms. The molecule has 1 aromatic rings. The van der Waals surface area contributed by atoms with Crippen LogP contribution in [-0.2, 0) is 6.54 Å². The van der Waals surface area contributed by atoms with Gasteiger partial charge in [-0.1, -0.05) is 24.3 Å². The number of thioether (sulfide) groups is 1. The second-order valence-corrected chi connectivity index (χ2v) is 6.22. The van der Waals surface area contributed by atoms with E-state index in [1.807, 2.05) is 6.26 Å². The summed E-state index contributed by atoms with van der Waals surface area (Å²) in [5, 5.41) is 13.0. The summed E-state index contributed by atoms with van der Waals surface area (Å²) >= 11 is 1.72. The predicted molar refractivity (Wildman–Crippen MR) is 79.1 cm³/mol. The number of rotatable bonds is 7. The Hall–Kier alpha value is -0.510. The maximum absolute atomic E-state index is 9.26. The Bertz CT molecular complexity index is 375. The van der Waals surface area contributed by atoms with Gasteiger partial charge in [-0.15, -0.1) is 0 Å². The molecule has 2 nitrogen and oxygen atoms in total. The van der Waals surface area contributed by atoms with Crippen LogP contribution in [0.3, 0.4) is 0 Å². The lowest BCUT2D eigenvalue weighted by molar-refractivity contribution is 0.276. The monoisotopic (exact) mass is 265 g/mol. The molecule has 2 unspecified atom stereocenters. The van der Waals surface area contributed by atoms with Crippen LogP contribution in [0.5, 0.6) is 0 Å². The van der Waals surface area contributed by atoms with Gasteiger partial charge in [-0.2, -0.15) is 11.8 Å². The van der Waals surface area contributed by atoms with Crippen LogP contribution in [-0.4, -0.2) is 29.3 Å². The summed E-state index contributed by atoms with van der Waals surface area (Å²) in [7, 11) is 0. The minimum absolute atomic E-state index is 0.234. The van der Waals surface area contributed by atoms with E-state index in [1.54, 1.807) is 11.8 Å². The van der Waals surface area contributed by atoms with Crippen LogP contribution >= 0.6 is 11.8 Å². The summed E-state index contributed by atoms with van der Waals surface area (Å²) in [4.78, 5) is 0. The highest BCUT2D eigenvalue weighted by Crippen LogP contribution is 2.40. The van der Waals surface area contributed by atoms with Gasteiger partial charge >= 0.3 is 0 Å². The highest BCUT2D eigenvalue weighted by Gasteiger charge is 2.23. The Labute approximate surface area is 114 Å². The third kappa shape index (κ3) is 3.74. The fourth-order valence-electron chi connectivity index (χ4n) is 2.22. The second kappa shape index (κ2) is 6.60. The Balaban J connectivity index is 1.87. The number of nitrogens with one attached hydrogen (secondary N) is 1. The topological polar surface area (TPSA) is 32.3 Å². The molecule has 1 saturated carbocycles. The van der Waals surface area contributed by atoms with Crippen LogP contribution in [0.2, 0.25) is 0 Å². The van der Waals surface area contributed by atoms with Gasteiger partial charge < -0.3 is 10.4 Å². The maximum Gasteiger partial charge on any atom is 0.0564 e. The zero-order valence-corrected chi connectivity index (χ0v) is 12.0. The van der Waals surface area contributed by atoms with Gasteiger partial charge in [0.1, 0.15) is 0 Å².